The Morgan fingerprint density at radius 3 is 2.20 bits per heavy atom. The van der Waals surface area contributed by atoms with Crippen molar-refractivity contribution in [3.8, 4) is 0 Å². The van der Waals surface area contributed by atoms with Gasteiger partial charge in [0, 0.05) is 38.1 Å². The van der Waals surface area contributed by atoms with Crippen LogP contribution in [0, 0.1) is 5.82 Å². The molecule has 9 nitrogen and oxygen atoms in total. The Morgan fingerprint density at radius 1 is 1.00 bits per heavy atom. The Hall–Kier alpha value is -3.74. The predicted octanol–water partition coefficient (Wildman–Crippen LogP) is 2.31. The van der Waals surface area contributed by atoms with Crippen LogP contribution in [0.5, 0.6) is 0 Å². The molecule has 2 N–H and O–H groups in total. The quantitative estimate of drug-likeness (QED) is 0.489. The molecule has 0 saturated carbocycles. The SMILES string of the molecule is CCN1CCN(C(=O)N(Cc2ccc(C(=O)NNC(=O)C(F)(F)F)cn2)c2ccc(F)cc2)CC1. The number of likely N-dealkylation sites (N-methyl/N-ethyl adjacent to an activating group) is 1. The number of aromatic nitrogens is 1. The average molecular weight is 496 g/mol. The molecule has 35 heavy (non-hydrogen) atoms. The number of piperazine rings is 1. The van der Waals surface area contributed by atoms with Crippen molar-refractivity contribution in [1.82, 2.24) is 25.6 Å². The van der Waals surface area contributed by atoms with Gasteiger partial charge in [-0.3, -0.25) is 30.3 Å². The fourth-order valence-corrected chi connectivity index (χ4v) is 3.39. The lowest BCUT2D eigenvalue weighted by molar-refractivity contribution is -0.174. The molecule has 1 aromatic carbocycles. The normalized spacial score (nSPS) is 14.4. The highest BCUT2D eigenvalue weighted by Gasteiger charge is 2.39. The lowest BCUT2D eigenvalue weighted by atomic mass is 10.2. The highest BCUT2D eigenvalue weighted by Crippen LogP contribution is 2.20. The third kappa shape index (κ3) is 6.88. The van der Waals surface area contributed by atoms with Crippen LogP contribution in [0.2, 0.25) is 0 Å². The minimum Gasteiger partial charge on any atom is -0.322 e. The molecule has 1 saturated heterocycles. The smallest absolute Gasteiger partial charge is 0.322 e. The molecule has 1 aliphatic heterocycles. The number of anilines is 1. The van der Waals surface area contributed by atoms with Crippen LogP contribution in [-0.4, -0.2) is 71.5 Å². The summed E-state index contributed by atoms with van der Waals surface area (Å²) in [6, 6.07) is 7.86. The van der Waals surface area contributed by atoms with Crippen molar-refractivity contribution in [2.45, 2.75) is 19.6 Å². The van der Waals surface area contributed by atoms with Gasteiger partial charge in [-0.2, -0.15) is 13.2 Å². The summed E-state index contributed by atoms with van der Waals surface area (Å²) in [7, 11) is 0. The summed E-state index contributed by atoms with van der Waals surface area (Å²) in [6.45, 7) is 5.45. The summed E-state index contributed by atoms with van der Waals surface area (Å²) in [5.74, 6) is -3.77. The van der Waals surface area contributed by atoms with E-state index < -0.39 is 23.8 Å². The standard InChI is InChI=1S/C22H24F4N6O3/c1-2-30-9-11-31(12-10-30)21(35)32(18-7-4-16(23)5-8-18)14-17-6-3-15(13-27-17)19(33)28-29-20(34)22(24,25)26/h3-8,13H,2,9-12,14H2,1H3,(H,28,33)(H,29,34). The van der Waals surface area contributed by atoms with Gasteiger partial charge in [-0.1, -0.05) is 6.92 Å². The van der Waals surface area contributed by atoms with E-state index in [-0.39, 0.29) is 18.1 Å². The summed E-state index contributed by atoms with van der Waals surface area (Å²) in [4.78, 5) is 45.6. The Balaban J connectivity index is 1.71. The van der Waals surface area contributed by atoms with Gasteiger partial charge in [0.1, 0.15) is 5.82 Å². The highest BCUT2D eigenvalue weighted by atomic mass is 19.4. The summed E-state index contributed by atoms with van der Waals surface area (Å²) in [5.41, 5.74) is 3.65. The zero-order chi connectivity index (χ0) is 25.6. The maximum Gasteiger partial charge on any atom is 0.472 e. The van der Waals surface area contributed by atoms with Crippen LogP contribution in [0.25, 0.3) is 0 Å². The van der Waals surface area contributed by atoms with Crippen LogP contribution >= 0.6 is 0 Å². The minimum atomic E-state index is -5.14. The molecule has 1 aromatic heterocycles. The molecule has 0 radical (unpaired) electrons. The van der Waals surface area contributed by atoms with E-state index in [2.05, 4.69) is 9.88 Å². The fourth-order valence-electron chi connectivity index (χ4n) is 3.39. The van der Waals surface area contributed by atoms with Crippen molar-refractivity contribution in [1.29, 1.82) is 0 Å². The Labute approximate surface area is 198 Å². The first-order valence-electron chi connectivity index (χ1n) is 10.7. The molecule has 3 rings (SSSR count). The first-order chi connectivity index (χ1) is 16.6. The number of urea groups is 1. The van der Waals surface area contributed by atoms with E-state index in [1.807, 2.05) is 6.92 Å². The van der Waals surface area contributed by atoms with Crippen molar-refractivity contribution in [3.63, 3.8) is 0 Å². The number of hydrogen-bond acceptors (Lipinski definition) is 5. The van der Waals surface area contributed by atoms with Crippen LogP contribution in [0.4, 0.5) is 28.0 Å². The van der Waals surface area contributed by atoms with Crippen LogP contribution in [0.3, 0.4) is 0 Å². The summed E-state index contributed by atoms with van der Waals surface area (Å²) < 4.78 is 50.2. The molecule has 1 fully saturated rings. The van der Waals surface area contributed by atoms with Gasteiger partial charge < -0.3 is 9.80 Å². The topological polar surface area (TPSA) is 97.9 Å². The largest absolute Gasteiger partial charge is 0.472 e. The van der Waals surface area contributed by atoms with Gasteiger partial charge in [-0.15, -0.1) is 0 Å². The second-order valence-electron chi connectivity index (χ2n) is 7.71. The van der Waals surface area contributed by atoms with E-state index in [1.165, 1.54) is 46.7 Å². The average Bonchev–Trinajstić information content (AvgIpc) is 2.85. The van der Waals surface area contributed by atoms with Crippen LogP contribution in [-0.2, 0) is 11.3 Å². The molecular formula is C22H24F4N6O3. The summed E-state index contributed by atoms with van der Waals surface area (Å²) >= 11 is 0. The third-order valence-corrected chi connectivity index (χ3v) is 5.41. The van der Waals surface area contributed by atoms with Crippen molar-refractivity contribution in [3.05, 3.63) is 59.7 Å². The number of alkyl halides is 3. The van der Waals surface area contributed by atoms with Crippen LogP contribution < -0.4 is 15.8 Å². The molecule has 188 valence electrons. The summed E-state index contributed by atoms with van der Waals surface area (Å²) in [6.07, 6.45) is -4.04. The number of benzene rings is 1. The van der Waals surface area contributed by atoms with Gasteiger partial charge in [-0.05, 0) is 42.9 Å². The number of carbonyl (C=O) groups excluding carboxylic acids is 3. The van der Waals surface area contributed by atoms with Gasteiger partial charge in [0.25, 0.3) is 5.91 Å². The number of amides is 4. The van der Waals surface area contributed by atoms with E-state index in [0.717, 1.165) is 25.8 Å². The van der Waals surface area contributed by atoms with E-state index in [1.54, 1.807) is 10.3 Å². The van der Waals surface area contributed by atoms with Gasteiger partial charge >= 0.3 is 18.1 Å². The third-order valence-electron chi connectivity index (χ3n) is 5.41. The number of halogens is 4. The number of hydrazine groups is 1. The monoisotopic (exact) mass is 496 g/mol. The van der Waals surface area contributed by atoms with Crippen molar-refractivity contribution < 1.29 is 31.9 Å². The predicted molar refractivity (Wildman–Crippen MR) is 118 cm³/mol. The maximum atomic E-state index is 13.5. The molecule has 0 spiro atoms. The van der Waals surface area contributed by atoms with E-state index in [0.29, 0.717) is 24.5 Å². The first kappa shape index (κ1) is 25.9. The van der Waals surface area contributed by atoms with Crippen LogP contribution in [0.15, 0.2) is 42.6 Å². The molecule has 2 heterocycles. The van der Waals surface area contributed by atoms with Gasteiger partial charge in [-0.25, -0.2) is 9.18 Å². The Morgan fingerprint density at radius 2 is 1.66 bits per heavy atom. The molecule has 0 aliphatic carbocycles. The number of pyridine rings is 1. The zero-order valence-electron chi connectivity index (χ0n) is 18.8. The Kier molecular flexibility index (Phi) is 8.22. The van der Waals surface area contributed by atoms with Gasteiger partial charge in [0.15, 0.2) is 0 Å². The molecule has 0 atom stereocenters. The van der Waals surface area contributed by atoms with Crippen LogP contribution in [0.1, 0.15) is 23.0 Å². The van der Waals surface area contributed by atoms with Gasteiger partial charge in [0.05, 0.1) is 17.8 Å². The van der Waals surface area contributed by atoms with Crippen molar-refractivity contribution in [2.75, 3.05) is 37.6 Å². The minimum absolute atomic E-state index is 0.00513. The lowest BCUT2D eigenvalue weighted by Gasteiger charge is -2.37. The lowest BCUT2D eigenvalue weighted by Crippen LogP contribution is -2.52. The maximum absolute atomic E-state index is 13.5. The van der Waals surface area contributed by atoms with Crippen molar-refractivity contribution in [2.24, 2.45) is 0 Å². The van der Waals surface area contributed by atoms with E-state index in [9.17, 15) is 31.9 Å². The molecule has 0 unspecified atom stereocenters. The second kappa shape index (κ2) is 11.1. The number of hydrogen-bond donors (Lipinski definition) is 2. The fraction of sp³-hybridized carbons (Fsp3) is 0.364. The molecule has 0 bridgehead atoms. The number of carbonyl (C=O) groups is 3. The van der Waals surface area contributed by atoms with Gasteiger partial charge in [0.2, 0.25) is 0 Å². The first-order valence-corrected chi connectivity index (χ1v) is 10.7. The molecule has 2 aromatic rings. The molecule has 4 amide bonds. The zero-order valence-corrected chi connectivity index (χ0v) is 18.8. The van der Waals surface area contributed by atoms with E-state index in [4.69, 9.17) is 0 Å². The molecular weight excluding hydrogens is 472 g/mol. The highest BCUT2D eigenvalue weighted by molar-refractivity contribution is 5.95. The molecule has 1 aliphatic rings. The van der Waals surface area contributed by atoms with E-state index >= 15 is 0 Å². The number of nitrogens with zero attached hydrogens (tertiary/aromatic N) is 4. The molecule has 13 heteroatoms. The number of nitrogens with one attached hydrogen (secondary N) is 2. The summed E-state index contributed by atoms with van der Waals surface area (Å²) in [5, 5.41) is 0. The number of rotatable bonds is 5. The second-order valence-corrected chi connectivity index (χ2v) is 7.71. The Bertz CT molecular complexity index is 1040. The van der Waals surface area contributed by atoms with Crippen molar-refractivity contribution >= 4 is 23.5 Å².